The summed E-state index contributed by atoms with van der Waals surface area (Å²) in [5, 5.41) is 10.7. The largest absolute Gasteiger partial charge is 0.369 e. The van der Waals surface area contributed by atoms with Gasteiger partial charge in [-0.25, -0.2) is 4.98 Å². The number of anilines is 2. The molecule has 0 aliphatic heterocycles. The van der Waals surface area contributed by atoms with Crippen molar-refractivity contribution in [1.29, 1.82) is 0 Å². The highest BCUT2D eigenvalue weighted by Gasteiger charge is 2.03. The van der Waals surface area contributed by atoms with E-state index in [9.17, 15) is 0 Å². The molecule has 6 nitrogen and oxygen atoms in total. The summed E-state index contributed by atoms with van der Waals surface area (Å²) in [6, 6.07) is 0. The van der Waals surface area contributed by atoms with Crippen LogP contribution < -0.4 is 10.6 Å². The van der Waals surface area contributed by atoms with Crippen LogP contribution in [0, 0.1) is 6.92 Å². The number of aryl methyl sites for hydroxylation is 2. The maximum Gasteiger partial charge on any atom is 0.224 e. The van der Waals surface area contributed by atoms with Crippen molar-refractivity contribution in [3.8, 4) is 0 Å². The normalized spacial score (nSPS) is 10.6. The molecule has 0 amide bonds. The lowest BCUT2D eigenvalue weighted by molar-refractivity contribution is 0.767. The first-order valence-electron chi connectivity index (χ1n) is 6.98. The molecule has 0 fully saturated rings. The molecule has 20 heavy (non-hydrogen) atoms. The van der Waals surface area contributed by atoms with E-state index in [2.05, 4.69) is 32.6 Å². The molecule has 0 bridgehead atoms. The van der Waals surface area contributed by atoms with Gasteiger partial charge >= 0.3 is 0 Å². The third-order valence-electron chi connectivity index (χ3n) is 2.97. The molecule has 2 aromatic rings. The first kappa shape index (κ1) is 14.3. The molecule has 0 saturated heterocycles. The van der Waals surface area contributed by atoms with Gasteiger partial charge in [0.15, 0.2) is 0 Å². The van der Waals surface area contributed by atoms with Crippen molar-refractivity contribution < 1.29 is 0 Å². The van der Waals surface area contributed by atoms with Crippen LogP contribution >= 0.6 is 0 Å². The van der Waals surface area contributed by atoms with Gasteiger partial charge < -0.3 is 10.6 Å². The van der Waals surface area contributed by atoms with E-state index in [1.165, 1.54) is 5.56 Å². The molecule has 0 atom stereocenters. The number of hydrogen-bond donors (Lipinski definition) is 2. The summed E-state index contributed by atoms with van der Waals surface area (Å²) in [4.78, 5) is 8.76. The topological polar surface area (TPSA) is 67.7 Å². The highest BCUT2D eigenvalue weighted by molar-refractivity contribution is 5.46. The van der Waals surface area contributed by atoms with Gasteiger partial charge in [0.1, 0.15) is 5.82 Å². The van der Waals surface area contributed by atoms with Gasteiger partial charge in [0.2, 0.25) is 5.95 Å². The Morgan fingerprint density at radius 3 is 2.75 bits per heavy atom. The van der Waals surface area contributed by atoms with Crippen molar-refractivity contribution >= 4 is 11.8 Å². The first-order valence-corrected chi connectivity index (χ1v) is 6.98. The summed E-state index contributed by atoms with van der Waals surface area (Å²) < 4.78 is 1.82. The lowest BCUT2D eigenvalue weighted by Crippen LogP contribution is -2.11. The van der Waals surface area contributed by atoms with E-state index in [-0.39, 0.29) is 0 Å². The summed E-state index contributed by atoms with van der Waals surface area (Å²) in [7, 11) is 1.93. The van der Waals surface area contributed by atoms with Crippen molar-refractivity contribution in [3.63, 3.8) is 0 Å². The summed E-state index contributed by atoms with van der Waals surface area (Å²) in [6.45, 7) is 5.85. The highest BCUT2D eigenvalue weighted by Crippen LogP contribution is 2.12. The zero-order chi connectivity index (χ0) is 14.4. The predicted octanol–water partition coefficient (Wildman–Crippen LogP) is 2.00. The molecule has 0 unspecified atom stereocenters. The fourth-order valence-corrected chi connectivity index (χ4v) is 1.87. The lowest BCUT2D eigenvalue weighted by Gasteiger charge is -2.10. The lowest BCUT2D eigenvalue weighted by atomic mass is 10.2. The molecule has 2 heterocycles. The number of rotatable bonds is 7. The van der Waals surface area contributed by atoms with E-state index in [0.717, 1.165) is 37.3 Å². The van der Waals surface area contributed by atoms with Crippen molar-refractivity contribution in [3.05, 3.63) is 29.7 Å². The molecule has 108 valence electrons. The van der Waals surface area contributed by atoms with Gasteiger partial charge in [0.05, 0.1) is 6.20 Å². The molecule has 2 rings (SSSR count). The standard InChI is InChI=1S/C14H22N6/c1-4-6-16-14-17-8-11(2)13(19-14)15-7-5-12-9-18-20(3)10-12/h8-10H,4-7H2,1-3H3,(H2,15,16,17,19). The number of nitrogens with one attached hydrogen (secondary N) is 2. The molecule has 0 aliphatic rings. The van der Waals surface area contributed by atoms with E-state index in [1.54, 1.807) is 0 Å². The smallest absolute Gasteiger partial charge is 0.224 e. The summed E-state index contributed by atoms with van der Waals surface area (Å²) in [5.41, 5.74) is 2.27. The zero-order valence-electron chi connectivity index (χ0n) is 12.3. The molecule has 0 aromatic carbocycles. The SMILES string of the molecule is CCCNc1ncc(C)c(NCCc2cnn(C)c2)n1. The van der Waals surface area contributed by atoms with Crippen molar-refractivity contribution in [1.82, 2.24) is 19.7 Å². The molecule has 0 radical (unpaired) electrons. The van der Waals surface area contributed by atoms with Crippen LogP contribution in [0.15, 0.2) is 18.6 Å². The van der Waals surface area contributed by atoms with Gasteiger partial charge in [0.25, 0.3) is 0 Å². The summed E-state index contributed by atoms with van der Waals surface area (Å²) in [6.07, 6.45) is 7.75. The van der Waals surface area contributed by atoms with Gasteiger partial charge in [-0.05, 0) is 25.3 Å². The third kappa shape index (κ3) is 3.94. The molecular weight excluding hydrogens is 252 g/mol. The Morgan fingerprint density at radius 1 is 1.20 bits per heavy atom. The Hall–Kier alpha value is -2.11. The van der Waals surface area contributed by atoms with Crippen LogP contribution in [0.1, 0.15) is 24.5 Å². The molecule has 0 aliphatic carbocycles. The Morgan fingerprint density at radius 2 is 2.05 bits per heavy atom. The molecule has 2 aromatic heterocycles. The van der Waals surface area contributed by atoms with Crippen molar-refractivity contribution in [2.75, 3.05) is 23.7 Å². The minimum absolute atomic E-state index is 0.682. The second-order valence-electron chi connectivity index (χ2n) is 4.85. The Bertz CT molecular complexity index is 548. The quantitative estimate of drug-likeness (QED) is 0.808. The van der Waals surface area contributed by atoms with Gasteiger partial charge in [-0.1, -0.05) is 6.92 Å². The van der Waals surface area contributed by atoms with E-state index in [4.69, 9.17) is 0 Å². The highest BCUT2D eigenvalue weighted by atomic mass is 15.2. The maximum absolute atomic E-state index is 4.49. The van der Waals surface area contributed by atoms with Crippen molar-refractivity contribution in [2.24, 2.45) is 7.05 Å². The van der Waals surface area contributed by atoms with Crippen LogP contribution in [0.3, 0.4) is 0 Å². The van der Waals surface area contributed by atoms with E-state index in [0.29, 0.717) is 5.95 Å². The molecule has 0 spiro atoms. The fourth-order valence-electron chi connectivity index (χ4n) is 1.87. The Kier molecular flexibility index (Phi) is 4.92. The third-order valence-corrected chi connectivity index (χ3v) is 2.97. The van der Waals surface area contributed by atoms with Crippen LogP contribution in [0.4, 0.5) is 11.8 Å². The number of nitrogens with zero attached hydrogens (tertiary/aromatic N) is 4. The first-order chi connectivity index (χ1) is 9.69. The Labute approximate surface area is 119 Å². The minimum Gasteiger partial charge on any atom is -0.369 e. The average Bonchev–Trinajstić information content (AvgIpc) is 2.85. The molecule has 6 heteroatoms. The average molecular weight is 274 g/mol. The van der Waals surface area contributed by atoms with Gasteiger partial charge in [-0.15, -0.1) is 0 Å². The van der Waals surface area contributed by atoms with Gasteiger partial charge in [-0.3, -0.25) is 4.68 Å². The monoisotopic (exact) mass is 274 g/mol. The maximum atomic E-state index is 4.49. The second kappa shape index (κ2) is 6.88. The van der Waals surface area contributed by atoms with Crippen LogP contribution in [0.25, 0.3) is 0 Å². The fraction of sp³-hybridized carbons (Fsp3) is 0.500. The predicted molar refractivity (Wildman–Crippen MR) is 81.0 cm³/mol. The van der Waals surface area contributed by atoms with Gasteiger partial charge in [0, 0.05) is 38.1 Å². The van der Waals surface area contributed by atoms with E-state index in [1.807, 2.05) is 37.2 Å². The number of aromatic nitrogens is 4. The van der Waals surface area contributed by atoms with Crippen LogP contribution in [-0.4, -0.2) is 32.8 Å². The van der Waals surface area contributed by atoms with E-state index >= 15 is 0 Å². The molecular formula is C14H22N6. The minimum atomic E-state index is 0.682. The second-order valence-corrected chi connectivity index (χ2v) is 4.85. The van der Waals surface area contributed by atoms with Gasteiger partial charge in [-0.2, -0.15) is 10.1 Å². The van der Waals surface area contributed by atoms with E-state index < -0.39 is 0 Å². The molecule has 0 saturated carbocycles. The molecule has 2 N–H and O–H groups in total. The number of hydrogen-bond acceptors (Lipinski definition) is 5. The zero-order valence-corrected chi connectivity index (χ0v) is 12.3. The van der Waals surface area contributed by atoms with Crippen LogP contribution in [0.2, 0.25) is 0 Å². The summed E-state index contributed by atoms with van der Waals surface area (Å²) in [5.74, 6) is 1.57. The van der Waals surface area contributed by atoms with Crippen LogP contribution in [-0.2, 0) is 13.5 Å². The summed E-state index contributed by atoms with van der Waals surface area (Å²) >= 11 is 0. The van der Waals surface area contributed by atoms with Crippen LogP contribution in [0.5, 0.6) is 0 Å². The van der Waals surface area contributed by atoms with Crippen molar-refractivity contribution in [2.45, 2.75) is 26.7 Å². The Balaban J connectivity index is 1.90.